The number of imidazole rings is 1. The van der Waals surface area contributed by atoms with E-state index in [1.54, 1.807) is 18.7 Å². The van der Waals surface area contributed by atoms with Crippen LogP contribution in [0.25, 0.3) is 0 Å². The first-order chi connectivity index (χ1) is 6.90. The van der Waals surface area contributed by atoms with Crippen molar-refractivity contribution in [2.24, 2.45) is 5.84 Å². The molecule has 0 spiro atoms. The topological polar surface area (TPSA) is 79.9 Å². The van der Waals surface area contributed by atoms with Crippen molar-refractivity contribution in [3.63, 3.8) is 0 Å². The van der Waals surface area contributed by atoms with E-state index in [4.69, 9.17) is 10.3 Å². The first-order valence-electron chi connectivity index (χ1n) is 4.38. The summed E-state index contributed by atoms with van der Waals surface area (Å²) in [6, 6.07) is 3.72. The van der Waals surface area contributed by atoms with Gasteiger partial charge in [0.2, 0.25) is 0 Å². The van der Waals surface area contributed by atoms with Crippen LogP contribution in [-0.2, 0) is 6.42 Å². The number of hydrazine groups is 1. The molecule has 0 aliphatic heterocycles. The molecule has 0 aromatic carbocycles. The van der Waals surface area contributed by atoms with E-state index in [-0.39, 0.29) is 6.04 Å². The van der Waals surface area contributed by atoms with Crippen molar-refractivity contribution in [1.29, 1.82) is 0 Å². The number of H-pyrrole nitrogens is 1. The Morgan fingerprint density at radius 3 is 3.14 bits per heavy atom. The maximum Gasteiger partial charge on any atom is 0.125 e. The van der Waals surface area contributed by atoms with Gasteiger partial charge in [-0.1, -0.05) is 0 Å². The molecule has 0 saturated heterocycles. The van der Waals surface area contributed by atoms with E-state index in [1.165, 1.54) is 0 Å². The summed E-state index contributed by atoms with van der Waals surface area (Å²) < 4.78 is 5.23. The minimum absolute atomic E-state index is 0.0452. The fourth-order valence-corrected chi connectivity index (χ4v) is 1.33. The van der Waals surface area contributed by atoms with E-state index in [1.807, 2.05) is 12.1 Å². The zero-order chi connectivity index (χ0) is 9.80. The van der Waals surface area contributed by atoms with Gasteiger partial charge in [-0.05, 0) is 12.1 Å². The highest BCUT2D eigenvalue weighted by Gasteiger charge is 2.13. The Kier molecular flexibility index (Phi) is 2.62. The van der Waals surface area contributed by atoms with Crippen molar-refractivity contribution in [2.45, 2.75) is 12.5 Å². The number of hydrogen-bond donors (Lipinski definition) is 3. The minimum atomic E-state index is -0.0452. The highest BCUT2D eigenvalue weighted by atomic mass is 16.3. The van der Waals surface area contributed by atoms with Gasteiger partial charge in [0.15, 0.2) is 0 Å². The van der Waals surface area contributed by atoms with E-state index >= 15 is 0 Å². The van der Waals surface area contributed by atoms with Crippen LogP contribution >= 0.6 is 0 Å². The fourth-order valence-electron chi connectivity index (χ4n) is 1.33. The lowest BCUT2D eigenvalue weighted by molar-refractivity contribution is 0.445. The molecule has 2 aromatic heterocycles. The summed E-state index contributed by atoms with van der Waals surface area (Å²) >= 11 is 0. The van der Waals surface area contributed by atoms with Crippen LogP contribution in [-0.4, -0.2) is 9.97 Å². The molecule has 5 nitrogen and oxygen atoms in total. The molecule has 0 amide bonds. The van der Waals surface area contributed by atoms with Crippen LogP contribution in [0.5, 0.6) is 0 Å². The fraction of sp³-hybridized carbons (Fsp3) is 0.222. The number of nitrogens with one attached hydrogen (secondary N) is 2. The first-order valence-corrected chi connectivity index (χ1v) is 4.38. The molecule has 0 aliphatic rings. The number of nitrogens with zero attached hydrogens (tertiary/aromatic N) is 1. The third kappa shape index (κ3) is 1.84. The van der Waals surface area contributed by atoms with Gasteiger partial charge < -0.3 is 9.40 Å². The number of rotatable bonds is 4. The summed E-state index contributed by atoms with van der Waals surface area (Å²) in [7, 11) is 0. The Balaban J connectivity index is 2.08. The number of hydrogen-bond acceptors (Lipinski definition) is 4. The summed E-state index contributed by atoms with van der Waals surface area (Å²) in [6.07, 6.45) is 5.78. The van der Waals surface area contributed by atoms with Gasteiger partial charge in [-0.2, -0.15) is 0 Å². The maximum atomic E-state index is 5.43. The molecule has 74 valence electrons. The van der Waals surface area contributed by atoms with Gasteiger partial charge in [-0.3, -0.25) is 5.84 Å². The lowest BCUT2D eigenvalue weighted by Crippen LogP contribution is -2.30. The van der Waals surface area contributed by atoms with Crippen molar-refractivity contribution >= 4 is 0 Å². The molecule has 5 heteroatoms. The van der Waals surface area contributed by atoms with E-state index in [9.17, 15) is 0 Å². The van der Waals surface area contributed by atoms with Crippen molar-refractivity contribution in [1.82, 2.24) is 15.4 Å². The van der Waals surface area contributed by atoms with Crippen LogP contribution < -0.4 is 11.3 Å². The molecule has 14 heavy (non-hydrogen) atoms. The lowest BCUT2D eigenvalue weighted by Gasteiger charge is -2.10. The molecule has 2 heterocycles. The van der Waals surface area contributed by atoms with Gasteiger partial charge in [0, 0.05) is 18.8 Å². The second kappa shape index (κ2) is 4.08. The van der Waals surface area contributed by atoms with E-state index < -0.39 is 0 Å². The van der Waals surface area contributed by atoms with Crippen LogP contribution in [0.2, 0.25) is 0 Å². The lowest BCUT2D eigenvalue weighted by atomic mass is 10.1. The minimum Gasteiger partial charge on any atom is -0.469 e. The average molecular weight is 192 g/mol. The molecule has 0 fully saturated rings. The molecule has 0 saturated carbocycles. The molecule has 0 bridgehead atoms. The normalized spacial score (nSPS) is 12.9. The Bertz CT molecular complexity index is 354. The van der Waals surface area contributed by atoms with E-state index in [0.29, 0.717) is 6.42 Å². The maximum absolute atomic E-state index is 5.43. The van der Waals surface area contributed by atoms with Gasteiger partial charge >= 0.3 is 0 Å². The summed E-state index contributed by atoms with van der Waals surface area (Å²) in [4.78, 5) is 7.13. The van der Waals surface area contributed by atoms with Crippen LogP contribution in [0.15, 0.2) is 35.2 Å². The van der Waals surface area contributed by atoms with Gasteiger partial charge in [0.25, 0.3) is 0 Å². The zero-order valence-electron chi connectivity index (χ0n) is 7.60. The van der Waals surface area contributed by atoms with Gasteiger partial charge in [0.1, 0.15) is 11.6 Å². The number of aromatic nitrogens is 2. The van der Waals surface area contributed by atoms with Gasteiger partial charge in [0.05, 0.1) is 12.3 Å². The smallest absolute Gasteiger partial charge is 0.125 e. The molecular formula is C9H12N4O. The molecule has 2 rings (SSSR count). The van der Waals surface area contributed by atoms with Crippen molar-refractivity contribution in [3.8, 4) is 0 Å². The molecular weight excluding hydrogens is 180 g/mol. The second-order valence-corrected chi connectivity index (χ2v) is 2.98. The quantitative estimate of drug-likeness (QED) is 0.493. The van der Waals surface area contributed by atoms with Crippen LogP contribution in [0.4, 0.5) is 0 Å². The van der Waals surface area contributed by atoms with E-state index in [0.717, 1.165) is 11.6 Å². The third-order valence-corrected chi connectivity index (χ3v) is 2.04. The predicted molar refractivity (Wildman–Crippen MR) is 51.1 cm³/mol. The Hall–Kier alpha value is -1.59. The van der Waals surface area contributed by atoms with Gasteiger partial charge in [-0.25, -0.2) is 10.4 Å². The van der Waals surface area contributed by atoms with E-state index in [2.05, 4.69) is 15.4 Å². The Morgan fingerprint density at radius 2 is 2.57 bits per heavy atom. The summed E-state index contributed by atoms with van der Waals surface area (Å²) in [5.74, 6) is 7.12. The Labute approximate surface area is 81.3 Å². The van der Waals surface area contributed by atoms with Crippen LogP contribution in [0, 0.1) is 0 Å². The summed E-state index contributed by atoms with van der Waals surface area (Å²) in [5.41, 5.74) is 2.69. The standard InChI is InChI=1S/C9H12N4O/c10-13-8(9-11-3-4-12-9)6-7-2-1-5-14-7/h1-5,8,13H,6,10H2,(H,11,12). The SMILES string of the molecule is NNC(Cc1ccco1)c1ncc[nH]1. The van der Waals surface area contributed by atoms with Crippen LogP contribution in [0.1, 0.15) is 17.6 Å². The van der Waals surface area contributed by atoms with Crippen molar-refractivity contribution in [2.75, 3.05) is 0 Å². The molecule has 2 aromatic rings. The molecule has 0 aliphatic carbocycles. The Morgan fingerprint density at radius 1 is 1.64 bits per heavy atom. The van der Waals surface area contributed by atoms with Crippen LogP contribution in [0.3, 0.4) is 0 Å². The highest BCUT2D eigenvalue weighted by Crippen LogP contribution is 2.13. The molecule has 1 unspecified atom stereocenters. The van der Waals surface area contributed by atoms with Crippen molar-refractivity contribution < 1.29 is 4.42 Å². The predicted octanol–water partition coefficient (Wildman–Crippen LogP) is 0.750. The summed E-state index contributed by atoms with van der Waals surface area (Å²) in [6.45, 7) is 0. The number of aromatic amines is 1. The average Bonchev–Trinajstić information content (AvgIpc) is 2.86. The van der Waals surface area contributed by atoms with Gasteiger partial charge in [-0.15, -0.1) is 0 Å². The number of nitrogens with two attached hydrogens (primary N) is 1. The largest absolute Gasteiger partial charge is 0.469 e. The zero-order valence-corrected chi connectivity index (χ0v) is 7.60. The molecule has 1 atom stereocenters. The monoisotopic (exact) mass is 192 g/mol. The molecule has 0 radical (unpaired) electrons. The second-order valence-electron chi connectivity index (χ2n) is 2.98. The highest BCUT2D eigenvalue weighted by molar-refractivity contribution is 5.05. The summed E-state index contributed by atoms with van der Waals surface area (Å²) in [5, 5.41) is 0. The molecule has 4 N–H and O–H groups in total. The first kappa shape index (κ1) is 8.98. The number of furan rings is 1. The third-order valence-electron chi connectivity index (χ3n) is 2.04. The van der Waals surface area contributed by atoms with Crippen molar-refractivity contribution in [3.05, 3.63) is 42.4 Å².